The Hall–Kier alpha value is -2.11. The standard InChI is InChI=1S/C22H27Cl2NO4/c1-14(2)25(15(3)4)22(27)16-6-8-18(9-7-16)28-10-5-11-29-21-19(23)12-17(26)13-20(21)24/h6-9,12-15,26H,5,10-11H2,1-4H3. The summed E-state index contributed by atoms with van der Waals surface area (Å²) in [7, 11) is 0. The summed E-state index contributed by atoms with van der Waals surface area (Å²) >= 11 is 12.0. The minimum absolute atomic E-state index is 0.0116. The molecule has 0 aliphatic rings. The lowest BCUT2D eigenvalue weighted by Gasteiger charge is -2.30. The number of phenolic OH excluding ortho intramolecular Hbond substituents is 1. The molecule has 0 saturated carbocycles. The smallest absolute Gasteiger partial charge is 0.254 e. The first-order chi connectivity index (χ1) is 13.7. The third-order valence-corrected chi connectivity index (χ3v) is 4.80. The van der Waals surface area contributed by atoms with Crippen molar-refractivity contribution in [3.05, 3.63) is 52.0 Å². The lowest BCUT2D eigenvalue weighted by molar-refractivity contribution is 0.0643. The van der Waals surface area contributed by atoms with E-state index in [0.717, 1.165) is 0 Å². The van der Waals surface area contributed by atoms with E-state index in [4.69, 9.17) is 32.7 Å². The van der Waals surface area contributed by atoms with Gasteiger partial charge in [0.15, 0.2) is 5.75 Å². The van der Waals surface area contributed by atoms with Crippen LogP contribution >= 0.6 is 23.2 Å². The molecule has 0 spiro atoms. The maximum atomic E-state index is 12.7. The van der Waals surface area contributed by atoms with Crippen LogP contribution in [0.2, 0.25) is 10.0 Å². The van der Waals surface area contributed by atoms with Crippen LogP contribution in [0.1, 0.15) is 44.5 Å². The van der Waals surface area contributed by atoms with Gasteiger partial charge < -0.3 is 19.5 Å². The largest absolute Gasteiger partial charge is 0.508 e. The normalized spacial score (nSPS) is 11.0. The van der Waals surface area contributed by atoms with Gasteiger partial charge in [-0.05, 0) is 52.0 Å². The number of aromatic hydroxyl groups is 1. The third kappa shape index (κ3) is 6.44. The molecule has 2 rings (SSSR count). The number of hydrogen-bond donors (Lipinski definition) is 1. The molecule has 2 aromatic carbocycles. The van der Waals surface area contributed by atoms with Crippen LogP contribution < -0.4 is 9.47 Å². The number of benzene rings is 2. The van der Waals surface area contributed by atoms with E-state index in [1.165, 1.54) is 12.1 Å². The van der Waals surface area contributed by atoms with Crippen LogP contribution in [0.3, 0.4) is 0 Å². The Morgan fingerprint density at radius 2 is 1.48 bits per heavy atom. The molecule has 0 radical (unpaired) electrons. The summed E-state index contributed by atoms with van der Waals surface area (Å²) < 4.78 is 11.3. The molecule has 7 heteroatoms. The predicted molar refractivity (Wildman–Crippen MR) is 117 cm³/mol. The van der Waals surface area contributed by atoms with Gasteiger partial charge >= 0.3 is 0 Å². The Morgan fingerprint density at radius 3 is 2.00 bits per heavy atom. The van der Waals surface area contributed by atoms with Crippen molar-refractivity contribution >= 4 is 29.1 Å². The molecule has 0 heterocycles. The quantitative estimate of drug-likeness (QED) is 0.501. The van der Waals surface area contributed by atoms with Crippen molar-refractivity contribution in [2.45, 2.75) is 46.2 Å². The minimum Gasteiger partial charge on any atom is -0.508 e. The van der Waals surface area contributed by atoms with E-state index in [9.17, 15) is 9.90 Å². The number of rotatable bonds is 9. The summed E-state index contributed by atoms with van der Waals surface area (Å²) in [5, 5.41) is 9.94. The maximum absolute atomic E-state index is 12.7. The van der Waals surface area contributed by atoms with Crippen LogP contribution in [-0.2, 0) is 0 Å². The summed E-state index contributed by atoms with van der Waals surface area (Å²) in [5.74, 6) is 1.02. The highest BCUT2D eigenvalue weighted by Crippen LogP contribution is 2.36. The Bertz CT molecular complexity index is 791. The zero-order valence-corrected chi connectivity index (χ0v) is 18.6. The summed E-state index contributed by atoms with van der Waals surface area (Å²) in [6.45, 7) is 8.83. The second-order valence-electron chi connectivity index (χ2n) is 7.21. The molecule has 0 saturated heterocycles. The van der Waals surface area contributed by atoms with E-state index in [1.807, 2.05) is 32.6 Å². The number of phenols is 1. The van der Waals surface area contributed by atoms with Crippen molar-refractivity contribution in [3.8, 4) is 17.2 Å². The van der Waals surface area contributed by atoms with Gasteiger partial charge in [-0.25, -0.2) is 0 Å². The van der Waals surface area contributed by atoms with E-state index in [2.05, 4.69) is 0 Å². The number of amides is 1. The Morgan fingerprint density at radius 1 is 0.966 bits per heavy atom. The van der Waals surface area contributed by atoms with Gasteiger partial charge in [-0.15, -0.1) is 0 Å². The first kappa shape index (κ1) is 23.2. The summed E-state index contributed by atoms with van der Waals surface area (Å²) in [6, 6.07) is 10.2. The highest BCUT2D eigenvalue weighted by Gasteiger charge is 2.21. The minimum atomic E-state index is -0.0116. The molecule has 1 amide bonds. The lowest BCUT2D eigenvalue weighted by atomic mass is 10.1. The van der Waals surface area contributed by atoms with Gasteiger partial charge in [0.1, 0.15) is 11.5 Å². The molecule has 0 atom stereocenters. The fraction of sp³-hybridized carbons (Fsp3) is 0.409. The monoisotopic (exact) mass is 439 g/mol. The van der Waals surface area contributed by atoms with E-state index in [-0.39, 0.29) is 33.8 Å². The molecule has 0 aromatic heterocycles. The number of ether oxygens (including phenoxy) is 2. The number of carbonyl (C=O) groups excluding carboxylic acids is 1. The van der Waals surface area contributed by atoms with Gasteiger partial charge in [-0.3, -0.25) is 4.79 Å². The van der Waals surface area contributed by atoms with Gasteiger partial charge in [0, 0.05) is 36.2 Å². The highest BCUT2D eigenvalue weighted by atomic mass is 35.5. The summed E-state index contributed by atoms with van der Waals surface area (Å²) in [4.78, 5) is 14.5. The third-order valence-electron chi connectivity index (χ3n) is 4.24. The summed E-state index contributed by atoms with van der Waals surface area (Å²) in [6.07, 6.45) is 0.614. The van der Waals surface area contributed by atoms with Gasteiger partial charge in [0.05, 0.1) is 23.3 Å². The van der Waals surface area contributed by atoms with E-state index < -0.39 is 0 Å². The zero-order valence-electron chi connectivity index (χ0n) is 17.1. The van der Waals surface area contributed by atoms with Crippen molar-refractivity contribution in [1.82, 2.24) is 4.90 Å². The number of nitrogens with zero attached hydrogens (tertiary/aromatic N) is 1. The van der Waals surface area contributed by atoms with Crippen molar-refractivity contribution in [2.24, 2.45) is 0 Å². The van der Waals surface area contributed by atoms with Gasteiger partial charge in [-0.1, -0.05) is 23.2 Å². The van der Waals surface area contributed by atoms with Crippen molar-refractivity contribution in [1.29, 1.82) is 0 Å². The molecule has 0 aliphatic carbocycles. The van der Waals surface area contributed by atoms with Crippen molar-refractivity contribution < 1.29 is 19.4 Å². The average Bonchev–Trinajstić information content (AvgIpc) is 2.63. The number of hydrogen-bond acceptors (Lipinski definition) is 4. The van der Waals surface area contributed by atoms with E-state index in [1.54, 1.807) is 24.3 Å². The molecule has 0 bridgehead atoms. The van der Waals surface area contributed by atoms with Crippen molar-refractivity contribution in [3.63, 3.8) is 0 Å². The highest BCUT2D eigenvalue weighted by molar-refractivity contribution is 6.37. The van der Waals surface area contributed by atoms with Crippen LogP contribution in [0.25, 0.3) is 0 Å². The number of carbonyl (C=O) groups is 1. The van der Waals surface area contributed by atoms with Crippen LogP contribution in [0.15, 0.2) is 36.4 Å². The van der Waals surface area contributed by atoms with E-state index in [0.29, 0.717) is 36.7 Å². The van der Waals surface area contributed by atoms with Crippen molar-refractivity contribution in [2.75, 3.05) is 13.2 Å². The van der Waals surface area contributed by atoms with Crippen LogP contribution in [0, 0.1) is 0 Å². The molecular weight excluding hydrogens is 413 g/mol. The second-order valence-corrected chi connectivity index (χ2v) is 8.03. The molecule has 2 aromatic rings. The SMILES string of the molecule is CC(C)N(C(=O)c1ccc(OCCCOc2c(Cl)cc(O)cc2Cl)cc1)C(C)C. The Labute approximate surface area is 182 Å². The van der Waals surface area contributed by atoms with E-state index >= 15 is 0 Å². The molecule has 1 N–H and O–H groups in total. The van der Waals surface area contributed by atoms with Crippen LogP contribution in [-0.4, -0.2) is 41.2 Å². The van der Waals surface area contributed by atoms with Gasteiger partial charge in [0.25, 0.3) is 5.91 Å². The topological polar surface area (TPSA) is 59.0 Å². The summed E-state index contributed by atoms with van der Waals surface area (Å²) in [5.41, 5.74) is 0.639. The zero-order chi connectivity index (χ0) is 21.6. The fourth-order valence-corrected chi connectivity index (χ4v) is 3.60. The molecule has 0 aliphatic heterocycles. The maximum Gasteiger partial charge on any atom is 0.254 e. The molecular formula is C22H27Cl2NO4. The average molecular weight is 440 g/mol. The molecule has 5 nitrogen and oxygen atoms in total. The van der Waals surface area contributed by atoms with Gasteiger partial charge in [-0.2, -0.15) is 0 Å². The first-order valence-corrected chi connectivity index (χ1v) is 10.3. The first-order valence-electron chi connectivity index (χ1n) is 9.57. The van der Waals surface area contributed by atoms with Gasteiger partial charge in [0.2, 0.25) is 0 Å². The van der Waals surface area contributed by atoms with Crippen LogP contribution in [0.4, 0.5) is 0 Å². The lowest BCUT2D eigenvalue weighted by Crippen LogP contribution is -2.42. The molecule has 0 fully saturated rings. The molecule has 158 valence electrons. The predicted octanol–water partition coefficient (Wildman–Crippen LogP) is 5.81. The number of halogens is 2. The second kappa shape index (κ2) is 10.6. The van der Waals surface area contributed by atoms with Crippen LogP contribution in [0.5, 0.6) is 17.2 Å². The molecule has 29 heavy (non-hydrogen) atoms. The Kier molecular flexibility index (Phi) is 8.47. The molecule has 0 unspecified atom stereocenters. The fourth-order valence-electron chi connectivity index (χ4n) is 3.02. The Balaban J connectivity index is 1.83.